The molecule has 0 bridgehead atoms. The highest BCUT2D eigenvalue weighted by atomic mass is 35.5. The summed E-state index contributed by atoms with van der Waals surface area (Å²) in [4.78, 5) is 21.9. The molecule has 0 saturated heterocycles. The van der Waals surface area contributed by atoms with Crippen molar-refractivity contribution in [1.82, 2.24) is 5.32 Å². The number of nitro groups is 1. The Labute approximate surface area is 130 Å². The van der Waals surface area contributed by atoms with E-state index in [9.17, 15) is 14.9 Å². The number of hydrogen-bond acceptors (Lipinski definition) is 4. The molecule has 0 radical (unpaired) electrons. The summed E-state index contributed by atoms with van der Waals surface area (Å²) in [6, 6.07) is 6.00. The van der Waals surface area contributed by atoms with Crippen LogP contribution >= 0.6 is 12.4 Å². The molecule has 1 atom stereocenters. The Bertz CT molecular complexity index is 451. The highest BCUT2D eigenvalue weighted by Crippen LogP contribution is 2.12. The predicted molar refractivity (Wildman–Crippen MR) is 84.6 cm³/mol. The third-order valence-electron chi connectivity index (χ3n) is 3.07. The van der Waals surface area contributed by atoms with E-state index in [1.807, 2.05) is 0 Å². The zero-order valence-corrected chi connectivity index (χ0v) is 12.9. The van der Waals surface area contributed by atoms with Crippen molar-refractivity contribution in [3.05, 3.63) is 39.9 Å². The Hall–Kier alpha value is -1.66. The van der Waals surface area contributed by atoms with E-state index in [1.165, 1.54) is 12.1 Å². The van der Waals surface area contributed by atoms with Crippen molar-refractivity contribution in [2.75, 3.05) is 6.54 Å². The van der Waals surface area contributed by atoms with Crippen molar-refractivity contribution >= 4 is 24.0 Å². The molecule has 118 valence electrons. The van der Waals surface area contributed by atoms with Gasteiger partial charge in [-0.3, -0.25) is 14.9 Å². The van der Waals surface area contributed by atoms with Crippen molar-refractivity contribution in [3.63, 3.8) is 0 Å². The van der Waals surface area contributed by atoms with Gasteiger partial charge in [-0.1, -0.05) is 31.9 Å². The molecule has 1 amide bonds. The van der Waals surface area contributed by atoms with Crippen LogP contribution in [0.1, 0.15) is 31.7 Å². The van der Waals surface area contributed by atoms with Gasteiger partial charge in [-0.05, 0) is 12.0 Å². The van der Waals surface area contributed by atoms with Crippen molar-refractivity contribution in [1.29, 1.82) is 0 Å². The van der Waals surface area contributed by atoms with E-state index in [0.717, 1.165) is 24.8 Å². The van der Waals surface area contributed by atoms with Gasteiger partial charge in [0, 0.05) is 24.7 Å². The third-order valence-corrected chi connectivity index (χ3v) is 3.07. The largest absolute Gasteiger partial charge is 0.352 e. The number of hydrogen-bond donors (Lipinski definition) is 2. The van der Waals surface area contributed by atoms with Crippen LogP contribution in [-0.2, 0) is 11.2 Å². The number of non-ortho nitro benzene ring substituents is 1. The molecular weight excluding hydrogens is 294 g/mol. The molecule has 0 saturated carbocycles. The summed E-state index contributed by atoms with van der Waals surface area (Å²) in [6.45, 7) is 2.51. The van der Waals surface area contributed by atoms with Gasteiger partial charge in [-0.25, -0.2) is 0 Å². The minimum atomic E-state index is -0.459. The summed E-state index contributed by atoms with van der Waals surface area (Å²) in [5, 5.41) is 13.4. The normalized spacial score (nSPS) is 11.3. The fourth-order valence-electron chi connectivity index (χ4n) is 1.90. The minimum absolute atomic E-state index is 0. The molecule has 0 fully saturated rings. The molecule has 1 rings (SSSR count). The lowest BCUT2D eigenvalue weighted by Crippen LogP contribution is -2.40. The number of nitrogens with zero attached hydrogens (tertiary/aromatic N) is 1. The van der Waals surface area contributed by atoms with E-state index < -0.39 is 4.92 Å². The molecule has 21 heavy (non-hydrogen) atoms. The molecule has 0 heterocycles. The van der Waals surface area contributed by atoms with Crippen LogP contribution < -0.4 is 11.1 Å². The van der Waals surface area contributed by atoms with Gasteiger partial charge in [0.05, 0.1) is 11.3 Å². The molecule has 1 aromatic rings. The molecule has 0 aliphatic heterocycles. The zero-order chi connectivity index (χ0) is 15.0. The standard InChI is InChI=1S/C14H21N3O3.ClH/c1-2-3-4-12(10-15)16-14(18)9-11-5-7-13(8-6-11)17(19)20;/h5-8,12H,2-4,9-10,15H2,1H3,(H,16,18);1H. The van der Waals surface area contributed by atoms with Crippen LogP contribution in [0.2, 0.25) is 0 Å². The summed E-state index contributed by atoms with van der Waals surface area (Å²) >= 11 is 0. The Morgan fingerprint density at radius 1 is 1.38 bits per heavy atom. The third kappa shape index (κ3) is 7.06. The van der Waals surface area contributed by atoms with E-state index in [1.54, 1.807) is 12.1 Å². The zero-order valence-electron chi connectivity index (χ0n) is 12.1. The fraction of sp³-hybridized carbons (Fsp3) is 0.500. The van der Waals surface area contributed by atoms with Gasteiger partial charge < -0.3 is 11.1 Å². The Kier molecular flexibility index (Phi) is 9.32. The van der Waals surface area contributed by atoms with E-state index in [2.05, 4.69) is 12.2 Å². The smallest absolute Gasteiger partial charge is 0.269 e. The molecule has 0 aliphatic rings. The maximum Gasteiger partial charge on any atom is 0.269 e. The van der Waals surface area contributed by atoms with Crippen molar-refractivity contribution in [2.24, 2.45) is 5.73 Å². The molecule has 0 aliphatic carbocycles. The van der Waals surface area contributed by atoms with Crippen LogP contribution in [-0.4, -0.2) is 23.4 Å². The molecular formula is C14H22ClN3O3. The first kappa shape index (κ1) is 19.3. The van der Waals surface area contributed by atoms with Gasteiger partial charge >= 0.3 is 0 Å². The number of carbonyl (C=O) groups excluding carboxylic acids is 1. The lowest BCUT2D eigenvalue weighted by atomic mass is 10.1. The van der Waals surface area contributed by atoms with Crippen LogP contribution in [0.25, 0.3) is 0 Å². The highest BCUT2D eigenvalue weighted by Gasteiger charge is 2.11. The quantitative estimate of drug-likeness (QED) is 0.567. The Morgan fingerprint density at radius 3 is 2.48 bits per heavy atom. The van der Waals surface area contributed by atoms with E-state index >= 15 is 0 Å². The topological polar surface area (TPSA) is 98.3 Å². The molecule has 0 aromatic heterocycles. The Morgan fingerprint density at radius 2 is 2.00 bits per heavy atom. The van der Waals surface area contributed by atoms with Gasteiger partial charge in [0.1, 0.15) is 0 Å². The molecule has 1 unspecified atom stereocenters. The van der Waals surface area contributed by atoms with Crippen LogP contribution in [0.4, 0.5) is 5.69 Å². The summed E-state index contributed by atoms with van der Waals surface area (Å²) in [5.41, 5.74) is 6.39. The second kappa shape index (κ2) is 10.1. The molecule has 0 spiro atoms. The van der Waals surface area contributed by atoms with Crippen LogP contribution in [0.5, 0.6) is 0 Å². The molecule has 7 heteroatoms. The van der Waals surface area contributed by atoms with Crippen LogP contribution in [0.3, 0.4) is 0 Å². The molecule has 6 nitrogen and oxygen atoms in total. The first-order valence-electron chi connectivity index (χ1n) is 6.79. The average Bonchev–Trinajstić information content (AvgIpc) is 2.43. The number of unbranched alkanes of at least 4 members (excludes halogenated alkanes) is 1. The summed E-state index contributed by atoms with van der Waals surface area (Å²) < 4.78 is 0. The van der Waals surface area contributed by atoms with Crippen LogP contribution in [0.15, 0.2) is 24.3 Å². The highest BCUT2D eigenvalue weighted by molar-refractivity contribution is 5.85. The number of nitrogens with two attached hydrogens (primary N) is 1. The molecule has 3 N–H and O–H groups in total. The number of halogens is 1. The van der Waals surface area contributed by atoms with Gasteiger partial charge in [0.15, 0.2) is 0 Å². The van der Waals surface area contributed by atoms with Crippen molar-refractivity contribution < 1.29 is 9.72 Å². The van der Waals surface area contributed by atoms with E-state index in [4.69, 9.17) is 5.73 Å². The lowest BCUT2D eigenvalue weighted by molar-refractivity contribution is -0.384. The second-order valence-electron chi connectivity index (χ2n) is 4.74. The first-order valence-corrected chi connectivity index (χ1v) is 6.79. The fourth-order valence-corrected chi connectivity index (χ4v) is 1.90. The second-order valence-corrected chi connectivity index (χ2v) is 4.74. The van der Waals surface area contributed by atoms with Crippen molar-refractivity contribution in [2.45, 2.75) is 38.6 Å². The van der Waals surface area contributed by atoms with Crippen LogP contribution in [0, 0.1) is 10.1 Å². The predicted octanol–water partition coefficient (Wildman–Crippen LogP) is 2.19. The van der Waals surface area contributed by atoms with Gasteiger partial charge in [0.2, 0.25) is 5.91 Å². The number of benzene rings is 1. The minimum Gasteiger partial charge on any atom is -0.352 e. The van der Waals surface area contributed by atoms with Gasteiger partial charge in [-0.15, -0.1) is 12.4 Å². The number of nitro benzene ring substituents is 1. The number of carbonyl (C=O) groups is 1. The number of nitrogens with one attached hydrogen (secondary N) is 1. The maximum absolute atomic E-state index is 11.9. The van der Waals surface area contributed by atoms with Gasteiger partial charge in [0.25, 0.3) is 5.69 Å². The lowest BCUT2D eigenvalue weighted by Gasteiger charge is -2.16. The van der Waals surface area contributed by atoms with Crippen molar-refractivity contribution in [3.8, 4) is 0 Å². The summed E-state index contributed by atoms with van der Waals surface area (Å²) in [5.74, 6) is -0.106. The Balaban J connectivity index is 0.00000400. The first-order chi connectivity index (χ1) is 9.56. The maximum atomic E-state index is 11.9. The summed E-state index contributed by atoms with van der Waals surface area (Å²) in [7, 11) is 0. The summed E-state index contributed by atoms with van der Waals surface area (Å²) in [6.07, 6.45) is 3.17. The van der Waals surface area contributed by atoms with Gasteiger partial charge in [-0.2, -0.15) is 0 Å². The number of amides is 1. The van der Waals surface area contributed by atoms with E-state index in [-0.39, 0.29) is 36.5 Å². The number of rotatable bonds is 8. The molecule has 1 aromatic carbocycles. The SMILES string of the molecule is CCCCC(CN)NC(=O)Cc1ccc([N+](=O)[O-])cc1.Cl. The average molecular weight is 316 g/mol. The monoisotopic (exact) mass is 315 g/mol. The van der Waals surface area contributed by atoms with E-state index in [0.29, 0.717) is 6.54 Å².